The van der Waals surface area contributed by atoms with Crippen molar-refractivity contribution in [1.82, 2.24) is 5.32 Å². The van der Waals surface area contributed by atoms with Crippen LogP contribution in [0.15, 0.2) is 24.3 Å². The Kier molecular flexibility index (Phi) is 7.13. The first-order chi connectivity index (χ1) is 10.3. The van der Waals surface area contributed by atoms with Gasteiger partial charge in [-0.3, -0.25) is 0 Å². The highest BCUT2D eigenvalue weighted by molar-refractivity contribution is 5.16. The van der Waals surface area contributed by atoms with Crippen LogP contribution in [0.5, 0.6) is 0 Å². The average Bonchev–Trinajstić information content (AvgIpc) is 3.31. The topological polar surface area (TPSA) is 30.5 Å². The number of rotatable bonds is 11. The molecule has 1 fully saturated rings. The van der Waals surface area contributed by atoms with Crippen LogP contribution in [-0.2, 0) is 15.9 Å². The number of hydrogen-bond acceptors (Lipinski definition) is 3. The Balaban J connectivity index is 1.74. The van der Waals surface area contributed by atoms with E-state index in [2.05, 4.69) is 5.32 Å². The SMILES string of the molecule is COCCOCCC(CNC1CC1)Cc1ccc(F)cc1. The smallest absolute Gasteiger partial charge is 0.123 e. The fraction of sp³-hybridized carbons (Fsp3) is 0.647. The van der Waals surface area contributed by atoms with E-state index in [9.17, 15) is 4.39 Å². The highest BCUT2D eigenvalue weighted by atomic mass is 19.1. The number of hydrogen-bond donors (Lipinski definition) is 1. The van der Waals surface area contributed by atoms with Crippen LogP contribution in [0.25, 0.3) is 0 Å². The van der Waals surface area contributed by atoms with Crippen LogP contribution in [0.1, 0.15) is 24.8 Å². The van der Waals surface area contributed by atoms with E-state index in [4.69, 9.17) is 9.47 Å². The van der Waals surface area contributed by atoms with Gasteiger partial charge in [0.15, 0.2) is 0 Å². The lowest BCUT2D eigenvalue weighted by Crippen LogP contribution is -2.27. The monoisotopic (exact) mass is 295 g/mol. The summed E-state index contributed by atoms with van der Waals surface area (Å²) in [7, 11) is 1.68. The molecule has 0 amide bonds. The van der Waals surface area contributed by atoms with Crippen LogP contribution in [0, 0.1) is 11.7 Å². The zero-order valence-corrected chi connectivity index (χ0v) is 12.8. The Morgan fingerprint density at radius 1 is 1.19 bits per heavy atom. The van der Waals surface area contributed by atoms with Crippen molar-refractivity contribution in [2.24, 2.45) is 5.92 Å². The van der Waals surface area contributed by atoms with Crippen molar-refractivity contribution >= 4 is 0 Å². The standard InChI is InChI=1S/C17H26FNO2/c1-20-10-11-21-9-8-15(13-19-17-6-7-17)12-14-2-4-16(18)5-3-14/h2-5,15,17,19H,6-13H2,1H3. The van der Waals surface area contributed by atoms with Gasteiger partial charge in [-0.2, -0.15) is 0 Å². The molecule has 0 spiro atoms. The van der Waals surface area contributed by atoms with Gasteiger partial charge < -0.3 is 14.8 Å². The van der Waals surface area contributed by atoms with Crippen LogP contribution < -0.4 is 5.32 Å². The summed E-state index contributed by atoms with van der Waals surface area (Å²) in [6, 6.07) is 7.55. The molecule has 4 heteroatoms. The lowest BCUT2D eigenvalue weighted by molar-refractivity contribution is 0.0636. The molecular formula is C17H26FNO2. The lowest BCUT2D eigenvalue weighted by Gasteiger charge is -2.18. The van der Waals surface area contributed by atoms with Crippen LogP contribution >= 0.6 is 0 Å². The van der Waals surface area contributed by atoms with Crippen LogP contribution in [0.2, 0.25) is 0 Å². The molecule has 1 aromatic carbocycles. The summed E-state index contributed by atoms with van der Waals surface area (Å²) in [6.45, 7) is 3.05. The predicted octanol–water partition coefficient (Wildman–Crippen LogP) is 2.79. The molecule has 0 aromatic heterocycles. The minimum Gasteiger partial charge on any atom is -0.382 e. The molecule has 0 radical (unpaired) electrons. The van der Waals surface area contributed by atoms with E-state index in [1.165, 1.54) is 30.5 Å². The predicted molar refractivity (Wildman–Crippen MR) is 81.9 cm³/mol. The quantitative estimate of drug-likeness (QED) is 0.637. The molecule has 1 aliphatic carbocycles. The molecule has 1 unspecified atom stereocenters. The maximum atomic E-state index is 13.0. The molecule has 0 aliphatic heterocycles. The van der Waals surface area contributed by atoms with E-state index in [0.717, 1.165) is 32.0 Å². The van der Waals surface area contributed by atoms with Gasteiger partial charge >= 0.3 is 0 Å². The molecule has 0 saturated heterocycles. The lowest BCUT2D eigenvalue weighted by atomic mass is 9.96. The normalized spacial score (nSPS) is 16.1. The highest BCUT2D eigenvalue weighted by Gasteiger charge is 2.22. The van der Waals surface area contributed by atoms with E-state index >= 15 is 0 Å². The highest BCUT2D eigenvalue weighted by Crippen LogP contribution is 2.20. The van der Waals surface area contributed by atoms with Gasteiger partial charge in [0.25, 0.3) is 0 Å². The van der Waals surface area contributed by atoms with Crippen LogP contribution in [0.4, 0.5) is 4.39 Å². The molecule has 21 heavy (non-hydrogen) atoms. The van der Waals surface area contributed by atoms with Gasteiger partial charge in [-0.25, -0.2) is 4.39 Å². The van der Waals surface area contributed by atoms with E-state index in [1.54, 1.807) is 7.11 Å². The van der Waals surface area contributed by atoms with Crippen molar-refractivity contribution in [3.63, 3.8) is 0 Å². The molecule has 0 heterocycles. The van der Waals surface area contributed by atoms with Crippen molar-refractivity contribution in [1.29, 1.82) is 0 Å². The fourth-order valence-corrected chi connectivity index (χ4v) is 2.35. The van der Waals surface area contributed by atoms with Gasteiger partial charge in [-0.05, 0) is 55.8 Å². The maximum absolute atomic E-state index is 13.0. The zero-order chi connectivity index (χ0) is 14.9. The molecule has 1 aromatic rings. The van der Waals surface area contributed by atoms with E-state index in [0.29, 0.717) is 19.1 Å². The molecule has 1 saturated carbocycles. The summed E-state index contributed by atoms with van der Waals surface area (Å²) in [5, 5.41) is 3.59. The third-order valence-corrected chi connectivity index (χ3v) is 3.81. The van der Waals surface area contributed by atoms with Gasteiger partial charge in [-0.15, -0.1) is 0 Å². The number of nitrogens with one attached hydrogen (secondary N) is 1. The first kappa shape index (κ1) is 16.4. The van der Waals surface area contributed by atoms with E-state index in [1.807, 2.05) is 12.1 Å². The summed E-state index contributed by atoms with van der Waals surface area (Å²) >= 11 is 0. The summed E-state index contributed by atoms with van der Waals surface area (Å²) < 4.78 is 23.5. The van der Waals surface area contributed by atoms with Crippen molar-refractivity contribution < 1.29 is 13.9 Å². The molecule has 2 rings (SSSR count). The minimum absolute atomic E-state index is 0.172. The van der Waals surface area contributed by atoms with Gasteiger partial charge in [-0.1, -0.05) is 12.1 Å². The summed E-state index contributed by atoms with van der Waals surface area (Å²) in [4.78, 5) is 0. The fourth-order valence-electron chi connectivity index (χ4n) is 2.35. The molecular weight excluding hydrogens is 269 g/mol. The van der Waals surface area contributed by atoms with Gasteiger partial charge in [0.1, 0.15) is 5.82 Å². The first-order valence-electron chi connectivity index (χ1n) is 7.82. The van der Waals surface area contributed by atoms with Crippen LogP contribution in [0.3, 0.4) is 0 Å². The first-order valence-corrected chi connectivity index (χ1v) is 7.82. The van der Waals surface area contributed by atoms with Crippen molar-refractivity contribution in [3.8, 4) is 0 Å². The Hall–Kier alpha value is -0.970. The van der Waals surface area contributed by atoms with Gasteiger partial charge in [0.05, 0.1) is 13.2 Å². The van der Waals surface area contributed by atoms with Crippen molar-refractivity contribution in [2.45, 2.75) is 31.7 Å². The Labute approximate surface area is 126 Å². The summed E-state index contributed by atoms with van der Waals surface area (Å²) in [5.74, 6) is 0.355. The molecule has 3 nitrogen and oxygen atoms in total. The molecule has 1 atom stereocenters. The second-order valence-electron chi connectivity index (χ2n) is 5.77. The zero-order valence-electron chi connectivity index (χ0n) is 12.8. The Bertz CT molecular complexity index is 392. The number of methoxy groups -OCH3 is 1. The van der Waals surface area contributed by atoms with Crippen molar-refractivity contribution in [3.05, 3.63) is 35.6 Å². The molecule has 1 aliphatic rings. The number of ether oxygens (including phenoxy) is 2. The molecule has 118 valence electrons. The summed E-state index contributed by atoms with van der Waals surface area (Å²) in [6.07, 6.45) is 4.58. The Morgan fingerprint density at radius 3 is 2.62 bits per heavy atom. The number of benzene rings is 1. The third-order valence-electron chi connectivity index (χ3n) is 3.81. The average molecular weight is 295 g/mol. The second kappa shape index (κ2) is 9.13. The van der Waals surface area contributed by atoms with E-state index in [-0.39, 0.29) is 5.82 Å². The van der Waals surface area contributed by atoms with Crippen molar-refractivity contribution in [2.75, 3.05) is 33.5 Å². The molecule has 0 bridgehead atoms. The third kappa shape index (κ3) is 7.02. The van der Waals surface area contributed by atoms with Crippen LogP contribution in [-0.4, -0.2) is 39.5 Å². The van der Waals surface area contributed by atoms with Gasteiger partial charge in [0.2, 0.25) is 0 Å². The van der Waals surface area contributed by atoms with E-state index < -0.39 is 0 Å². The molecule has 1 N–H and O–H groups in total. The Morgan fingerprint density at radius 2 is 1.95 bits per heavy atom. The minimum atomic E-state index is -0.172. The largest absolute Gasteiger partial charge is 0.382 e. The summed E-state index contributed by atoms with van der Waals surface area (Å²) in [5.41, 5.74) is 1.19. The maximum Gasteiger partial charge on any atom is 0.123 e. The second-order valence-corrected chi connectivity index (χ2v) is 5.77. The number of halogens is 1. The van der Waals surface area contributed by atoms with Gasteiger partial charge in [0, 0.05) is 19.8 Å².